The van der Waals surface area contributed by atoms with Gasteiger partial charge in [-0.3, -0.25) is 14.5 Å². The van der Waals surface area contributed by atoms with Crippen molar-refractivity contribution >= 4 is 22.6 Å². The van der Waals surface area contributed by atoms with Crippen molar-refractivity contribution in [3.8, 4) is 11.5 Å². The van der Waals surface area contributed by atoms with Crippen molar-refractivity contribution < 1.29 is 36.6 Å². The van der Waals surface area contributed by atoms with Crippen LogP contribution in [0.1, 0.15) is 33.6 Å². The first kappa shape index (κ1) is 25.9. The molecule has 2 heterocycles. The van der Waals surface area contributed by atoms with Crippen molar-refractivity contribution in [3.05, 3.63) is 71.8 Å². The maximum atomic E-state index is 13.2. The normalized spacial score (nSPS) is 17.1. The number of nitrogens with zero attached hydrogens (tertiary/aromatic N) is 2. The highest BCUT2D eigenvalue weighted by atomic mass is 35.5. The van der Waals surface area contributed by atoms with Gasteiger partial charge in [0.25, 0.3) is 11.8 Å². The third-order valence-corrected chi connectivity index (χ3v) is 6.96. The molecule has 0 aliphatic carbocycles. The Balaban J connectivity index is 0.00000304. The highest BCUT2D eigenvalue weighted by molar-refractivity contribution is 6.25. The van der Waals surface area contributed by atoms with Crippen LogP contribution in [0.2, 0.25) is 0 Å². The minimum absolute atomic E-state index is 0. The Labute approximate surface area is 217 Å². The van der Waals surface area contributed by atoms with Gasteiger partial charge in [0.05, 0.1) is 7.11 Å². The largest absolute Gasteiger partial charge is 1.00 e. The zero-order valence-corrected chi connectivity index (χ0v) is 21.0. The lowest BCUT2D eigenvalue weighted by molar-refractivity contribution is -0.0000367. The fourth-order valence-corrected chi connectivity index (χ4v) is 5.09. The summed E-state index contributed by atoms with van der Waals surface area (Å²) in [7, 11) is 1.61. The number of carbonyl (C=O) groups is 2. The molecule has 7 nitrogen and oxygen atoms in total. The highest BCUT2D eigenvalue weighted by Gasteiger charge is 2.34. The Morgan fingerprint density at radius 1 is 0.944 bits per heavy atom. The van der Waals surface area contributed by atoms with Gasteiger partial charge in [0.1, 0.15) is 24.2 Å². The van der Waals surface area contributed by atoms with Gasteiger partial charge < -0.3 is 31.9 Å². The lowest BCUT2D eigenvalue weighted by Crippen LogP contribution is -3.00. The molecule has 3 aromatic rings. The van der Waals surface area contributed by atoms with Crippen molar-refractivity contribution in [2.45, 2.75) is 18.9 Å². The second kappa shape index (κ2) is 11.3. The Morgan fingerprint density at radius 3 is 2.19 bits per heavy atom. The average molecular weight is 510 g/mol. The molecule has 3 aromatic carbocycles. The maximum Gasteiger partial charge on any atom is 0.261 e. The number of imide groups is 1. The van der Waals surface area contributed by atoms with Gasteiger partial charge in [-0.2, -0.15) is 0 Å². The number of piperidine rings is 1. The lowest BCUT2D eigenvalue weighted by atomic mass is 9.91. The van der Waals surface area contributed by atoms with Crippen LogP contribution in [0.4, 0.5) is 0 Å². The molecule has 0 saturated carbocycles. The molecule has 1 fully saturated rings. The van der Waals surface area contributed by atoms with Crippen molar-refractivity contribution in [1.29, 1.82) is 0 Å². The van der Waals surface area contributed by atoms with Gasteiger partial charge in [0.2, 0.25) is 0 Å². The molecule has 2 amide bonds. The predicted octanol–water partition coefficient (Wildman–Crippen LogP) is 0.600. The van der Waals surface area contributed by atoms with E-state index in [1.807, 2.05) is 54.6 Å². The molecular weight excluding hydrogens is 480 g/mol. The first-order valence-corrected chi connectivity index (χ1v) is 12.1. The molecular formula is C28H30ClN2O5-. The minimum atomic E-state index is -0.611. The SMILES string of the molecule is COc1cccc(OCC(O)CN2CCC(CN3C(=O)c4cccc5cccc(c45)C3=O)CC2)c1.[Cl-]. The Bertz CT molecular complexity index is 1190. The minimum Gasteiger partial charge on any atom is -1.00 e. The number of methoxy groups -OCH3 is 1. The molecule has 1 atom stereocenters. The zero-order chi connectivity index (χ0) is 24.4. The van der Waals surface area contributed by atoms with E-state index in [4.69, 9.17) is 9.47 Å². The molecule has 2 aliphatic heterocycles. The number of amides is 2. The van der Waals surface area contributed by atoms with E-state index >= 15 is 0 Å². The van der Waals surface area contributed by atoms with E-state index in [0.717, 1.165) is 36.7 Å². The third-order valence-electron chi connectivity index (χ3n) is 6.96. The Hall–Kier alpha value is -3.13. The van der Waals surface area contributed by atoms with Gasteiger partial charge in [0.15, 0.2) is 0 Å². The van der Waals surface area contributed by atoms with E-state index in [1.165, 1.54) is 4.90 Å². The fraction of sp³-hybridized carbons (Fsp3) is 0.357. The van der Waals surface area contributed by atoms with Gasteiger partial charge in [-0.25, -0.2) is 0 Å². The number of carbonyl (C=O) groups excluding carboxylic acids is 2. The van der Waals surface area contributed by atoms with Crippen molar-refractivity contribution in [2.75, 3.05) is 39.9 Å². The molecule has 1 N–H and O–H groups in total. The molecule has 0 bridgehead atoms. The Kier molecular flexibility index (Phi) is 8.14. The van der Waals surface area contributed by atoms with Crippen LogP contribution >= 0.6 is 0 Å². The average Bonchev–Trinajstić information content (AvgIpc) is 2.89. The monoisotopic (exact) mass is 509 g/mol. The second-order valence-corrected chi connectivity index (χ2v) is 9.32. The summed E-state index contributed by atoms with van der Waals surface area (Å²) in [6.07, 6.45) is 1.12. The molecule has 5 rings (SSSR count). The summed E-state index contributed by atoms with van der Waals surface area (Å²) >= 11 is 0. The first-order valence-electron chi connectivity index (χ1n) is 12.1. The van der Waals surface area contributed by atoms with E-state index in [9.17, 15) is 14.7 Å². The summed E-state index contributed by atoms with van der Waals surface area (Å²) in [5, 5.41) is 12.1. The second-order valence-electron chi connectivity index (χ2n) is 9.32. The van der Waals surface area contributed by atoms with Gasteiger partial charge >= 0.3 is 0 Å². The molecule has 0 spiro atoms. The van der Waals surface area contributed by atoms with Crippen LogP contribution < -0.4 is 21.9 Å². The van der Waals surface area contributed by atoms with E-state index in [1.54, 1.807) is 13.2 Å². The quantitative estimate of drug-likeness (QED) is 0.448. The van der Waals surface area contributed by atoms with Crippen LogP contribution in [-0.4, -0.2) is 72.7 Å². The summed E-state index contributed by atoms with van der Waals surface area (Å²) in [5.41, 5.74) is 1.21. The van der Waals surface area contributed by atoms with Crippen molar-refractivity contribution in [3.63, 3.8) is 0 Å². The number of likely N-dealkylation sites (tertiary alicyclic amines) is 1. The summed E-state index contributed by atoms with van der Waals surface area (Å²) in [4.78, 5) is 30.0. The summed E-state index contributed by atoms with van der Waals surface area (Å²) in [6.45, 7) is 2.77. The molecule has 36 heavy (non-hydrogen) atoms. The van der Waals surface area contributed by atoms with Crippen LogP contribution in [0.5, 0.6) is 11.5 Å². The van der Waals surface area contributed by atoms with Crippen LogP contribution in [0.3, 0.4) is 0 Å². The van der Waals surface area contributed by atoms with E-state index in [-0.39, 0.29) is 36.7 Å². The van der Waals surface area contributed by atoms with E-state index < -0.39 is 6.10 Å². The van der Waals surface area contributed by atoms with Gasteiger partial charge in [0, 0.05) is 35.7 Å². The molecule has 8 heteroatoms. The molecule has 2 aliphatic rings. The van der Waals surface area contributed by atoms with Crippen molar-refractivity contribution in [2.24, 2.45) is 5.92 Å². The summed E-state index contributed by atoms with van der Waals surface area (Å²) < 4.78 is 10.9. The molecule has 0 aromatic heterocycles. The van der Waals surface area contributed by atoms with E-state index in [0.29, 0.717) is 35.7 Å². The zero-order valence-electron chi connectivity index (χ0n) is 20.2. The predicted molar refractivity (Wildman–Crippen MR) is 133 cm³/mol. The van der Waals surface area contributed by atoms with Crippen LogP contribution in [0.25, 0.3) is 10.8 Å². The molecule has 1 unspecified atom stereocenters. The number of hydrogen-bond donors (Lipinski definition) is 1. The maximum absolute atomic E-state index is 13.2. The highest BCUT2D eigenvalue weighted by Crippen LogP contribution is 2.31. The number of halogens is 1. The third kappa shape index (κ3) is 5.33. The molecule has 1 saturated heterocycles. The first-order chi connectivity index (χ1) is 17.0. The number of rotatable bonds is 8. The smallest absolute Gasteiger partial charge is 0.261 e. The molecule has 0 radical (unpaired) electrons. The van der Waals surface area contributed by atoms with Crippen LogP contribution in [0.15, 0.2) is 60.7 Å². The van der Waals surface area contributed by atoms with Crippen molar-refractivity contribution in [1.82, 2.24) is 9.80 Å². The summed E-state index contributed by atoms with van der Waals surface area (Å²) in [6, 6.07) is 18.6. The van der Waals surface area contributed by atoms with Crippen LogP contribution in [-0.2, 0) is 0 Å². The fourth-order valence-electron chi connectivity index (χ4n) is 5.09. The number of aliphatic hydroxyl groups excluding tert-OH is 1. The number of aliphatic hydroxyl groups is 1. The van der Waals surface area contributed by atoms with Gasteiger partial charge in [-0.05, 0) is 61.5 Å². The standard InChI is InChI=1S/C28H30N2O5.ClH/c1-34-22-7-4-8-23(15-22)35-18-21(31)17-29-13-11-19(12-14-29)16-30-27(32)24-9-2-5-20-6-3-10-25(26(20)24)28(30)33;/h2-10,15,19,21,31H,11-14,16-18H2,1H3;1H/p-1. The number of ether oxygens (including phenoxy) is 2. The summed E-state index contributed by atoms with van der Waals surface area (Å²) in [5.74, 6) is 1.22. The Morgan fingerprint density at radius 2 is 1.56 bits per heavy atom. The van der Waals surface area contributed by atoms with Gasteiger partial charge in [-0.15, -0.1) is 0 Å². The van der Waals surface area contributed by atoms with Crippen LogP contribution in [0, 0.1) is 5.92 Å². The topological polar surface area (TPSA) is 79.3 Å². The van der Waals surface area contributed by atoms with Gasteiger partial charge in [-0.1, -0.05) is 30.3 Å². The number of benzene rings is 3. The van der Waals surface area contributed by atoms with E-state index in [2.05, 4.69) is 4.90 Å². The number of β-amino-alcohol motifs (C(OH)–C–C–N with tert-alkyl or cyclic N) is 1. The lowest BCUT2D eigenvalue weighted by Gasteiger charge is -2.36. The molecule has 190 valence electrons. The number of hydrogen-bond acceptors (Lipinski definition) is 6.